The third-order valence-corrected chi connectivity index (χ3v) is 3.13. The molecule has 94 valence electrons. The van der Waals surface area contributed by atoms with E-state index in [1.807, 2.05) is 0 Å². The van der Waals surface area contributed by atoms with Crippen LogP contribution in [0.25, 0.3) is 0 Å². The maximum atomic E-state index is 10.9. The molecule has 0 radical (unpaired) electrons. The molecule has 0 spiro atoms. The summed E-state index contributed by atoms with van der Waals surface area (Å²) in [5.74, 6) is 0.827. The van der Waals surface area contributed by atoms with Gasteiger partial charge in [0, 0.05) is 25.1 Å². The van der Waals surface area contributed by atoms with E-state index in [1.165, 1.54) is 18.5 Å². The SMILES string of the molecule is O=C(O)c1ccncc1NCCSCCCO. The Labute approximate surface area is 104 Å². The summed E-state index contributed by atoms with van der Waals surface area (Å²) in [6.07, 6.45) is 3.77. The lowest BCUT2D eigenvalue weighted by molar-refractivity contribution is 0.0698. The van der Waals surface area contributed by atoms with Crippen molar-refractivity contribution in [2.75, 3.05) is 30.0 Å². The topological polar surface area (TPSA) is 82.5 Å². The van der Waals surface area contributed by atoms with Crippen molar-refractivity contribution in [3.8, 4) is 0 Å². The van der Waals surface area contributed by atoms with Crippen LogP contribution < -0.4 is 5.32 Å². The Kier molecular flexibility index (Phi) is 6.42. The number of pyridine rings is 1. The number of aliphatic hydroxyl groups excluding tert-OH is 1. The third kappa shape index (κ3) is 5.06. The largest absolute Gasteiger partial charge is 0.478 e. The zero-order valence-electron chi connectivity index (χ0n) is 9.43. The predicted molar refractivity (Wildman–Crippen MR) is 68.7 cm³/mol. The second-order valence-electron chi connectivity index (χ2n) is 3.34. The number of aromatic nitrogens is 1. The average molecular weight is 256 g/mol. The highest BCUT2D eigenvalue weighted by Gasteiger charge is 2.08. The summed E-state index contributed by atoms with van der Waals surface area (Å²) in [5.41, 5.74) is 0.781. The molecule has 5 nitrogen and oxygen atoms in total. The number of nitrogens with zero attached hydrogens (tertiary/aromatic N) is 1. The highest BCUT2D eigenvalue weighted by Crippen LogP contribution is 2.13. The number of aromatic carboxylic acids is 1. The lowest BCUT2D eigenvalue weighted by Crippen LogP contribution is -2.09. The van der Waals surface area contributed by atoms with Gasteiger partial charge in [0.25, 0.3) is 0 Å². The summed E-state index contributed by atoms with van der Waals surface area (Å²) >= 11 is 1.72. The molecule has 0 amide bonds. The van der Waals surface area contributed by atoms with Crippen LogP contribution in [0, 0.1) is 0 Å². The highest BCUT2D eigenvalue weighted by atomic mass is 32.2. The van der Waals surface area contributed by atoms with Crippen molar-refractivity contribution in [3.05, 3.63) is 24.0 Å². The Morgan fingerprint density at radius 2 is 2.29 bits per heavy atom. The number of thioether (sulfide) groups is 1. The Balaban J connectivity index is 2.34. The van der Waals surface area contributed by atoms with Crippen LogP contribution in [0.5, 0.6) is 0 Å². The summed E-state index contributed by atoms with van der Waals surface area (Å²) in [6.45, 7) is 0.897. The quantitative estimate of drug-likeness (QED) is 0.608. The molecule has 0 unspecified atom stereocenters. The number of carboxylic acids is 1. The van der Waals surface area contributed by atoms with E-state index in [0.29, 0.717) is 12.2 Å². The lowest BCUT2D eigenvalue weighted by atomic mass is 10.2. The number of anilines is 1. The molecule has 17 heavy (non-hydrogen) atoms. The summed E-state index contributed by atoms with van der Waals surface area (Å²) < 4.78 is 0. The summed E-state index contributed by atoms with van der Waals surface area (Å²) in [6, 6.07) is 1.48. The second kappa shape index (κ2) is 7.92. The molecule has 0 saturated heterocycles. The Morgan fingerprint density at radius 1 is 1.47 bits per heavy atom. The molecule has 0 atom stereocenters. The van der Waals surface area contributed by atoms with Gasteiger partial charge in [-0.15, -0.1) is 0 Å². The Hall–Kier alpha value is -1.27. The van der Waals surface area contributed by atoms with Crippen molar-refractivity contribution in [2.45, 2.75) is 6.42 Å². The zero-order valence-corrected chi connectivity index (χ0v) is 10.2. The summed E-state index contributed by atoms with van der Waals surface area (Å²) in [5, 5.41) is 20.6. The zero-order chi connectivity index (χ0) is 12.5. The molecule has 0 saturated carbocycles. The predicted octanol–water partition coefficient (Wildman–Crippen LogP) is 1.31. The van der Waals surface area contributed by atoms with Gasteiger partial charge in [0.05, 0.1) is 17.4 Å². The number of rotatable bonds is 8. The van der Waals surface area contributed by atoms with Crippen molar-refractivity contribution in [1.82, 2.24) is 4.98 Å². The Morgan fingerprint density at radius 3 is 3.00 bits per heavy atom. The smallest absolute Gasteiger partial charge is 0.337 e. The van der Waals surface area contributed by atoms with Crippen molar-refractivity contribution in [2.24, 2.45) is 0 Å². The Bertz CT molecular complexity index is 360. The molecule has 1 heterocycles. The van der Waals surface area contributed by atoms with E-state index in [-0.39, 0.29) is 12.2 Å². The molecule has 3 N–H and O–H groups in total. The maximum Gasteiger partial charge on any atom is 0.337 e. The van der Waals surface area contributed by atoms with Crippen molar-refractivity contribution < 1.29 is 15.0 Å². The van der Waals surface area contributed by atoms with Crippen LogP contribution in [-0.2, 0) is 0 Å². The molecular formula is C11H16N2O3S. The van der Waals surface area contributed by atoms with E-state index >= 15 is 0 Å². The van der Waals surface area contributed by atoms with Crippen LogP contribution in [0.3, 0.4) is 0 Å². The first kappa shape index (κ1) is 13.8. The van der Waals surface area contributed by atoms with E-state index < -0.39 is 5.97 Å². The number of nitrogens with one attached hydrogen (secondary N) is 1. The van der Waals surface area contributed by atoms with Crippen LogP contribution in [0.4, 0.5) is 5.69 Å². The van der Waals surface area contributed by atoms with Gasteiger partial charge in [-0.05, 0) is 18.2 Å². The van der Waals surface area contributed by atoms with Gasteiger partial charge in [-0.3, -0.25) is 4.98 Å². The molecule has 0 aliphatic carbocycles. The van der Waals surface area contributed by atoms with Gasteiger partial charge >= 0.3 is 5.97 Å². The first-order chi connectivity index (χ1) is 8.25. The molecule has 0 aliphatic heterocycles. The van der Waals surface area contributed by atoms with Gasteiger partial charge in [-0.1, -0.05) is 0 Å². The van der Waals surface area contributed by atoms with Crippen LogP contribution in [-0.4, -0.2) is 45.8 Å². The molecule has 0 fully saturated rings. The van der Waals surface area contributed by atoms with Gasteiger partial charge in [0.1, 0.15) is 0 Å². The van der Waals surface area contributed by atoms with E-state index in [1.54, 1.807) is 11.8 Å². The fraction of sp³-hybridized carbons (Fsp3) is 0.455. The summed E-state index contributed by atoms with van der Waals surface area (Å²) in [7, 11) is 0. The second-order valence-corrected chi connectivity index (χ2v) is 4.57. The fourth-order valence-electron chi connectivity index (χ4n) is 1.25. The average Bonchev–Trinajstić information content (AvgIpc) is 2.34. The minimum atomic E-state index is -0.956. The van der Waals surface area contributed by atoms with Crippen LogP contribution in [0.15, 0.2) is 18.5 Å². The molecule has 0 aliphatic rings. The van der Waals surface area contributed by atoms with E-state index in [2.05, 4.69) is 10.3 Å². The molecular weight excluding hydrogens is 240 g/mol. The first-order valence-corrected chi connectivity index (χ1v) is 6.51. The number of carboxylic acid groups (broad SMARTS) is 1. The highest BCUT2D eigenvalue weighted by molar-refractivity contribution is 7.99. The van der Waals surface area contributed by atoms with Crippen molar-refractivity contribution in [1.29, 1.82) is 0 Å². The van der Waals surface area contributed by atoms with Crippen LogP contribution in [0.1, 0.15) is 16.8 Å². The number of carbonyl (C=O) groups is 1. The summed E-state index contributed by atoms with van der Waals surface area (Å²) in [4.78, 5) is 14.8. The maximum absolute atomic E-state index is 10.9. The minimum Gasteiger partial charge on any atom is -0.478 e. The minimum absolute atomic E-state index is 0.214. The van der Waals surface area contributed by atoms with Gasteiger partial charge in [-0.25, -0.2) is 4.79 Å². The van der Waals surface area contributed by atoms with E-state index in [0.717, 1.165) is 17.9 Å². The lowest BCUT2D eigenvalue weighted by Gasteiger charge is -2.08. The third-order valence-electron chi connectivity index (χ3n) is 2.06. The van der Waals surface area contributed by atoms with E-state index in [4.69, 9.17) is 10.2 Å². The van der Waals surface area contributed by atoms with Crippen LogP contribution in [0.2, 0.25) is 0 Å². The molecule has 6 heteroatoms. The standard InChI is InChI=1S/C11H16N2O3S/c14-5-1-6-17-7-4-13-10-8-12-3-2-9(10)11(15)16/h2-3,8,13-14H,1,4-7H2,(H,15,16). The molecule has 0 aromatic carbocycles. The van der Waals surface area contributed by atoms with Gasteiger partial charge in [-0.2, -0.15) is 11.8 Å². The molecule has 0 bridgehead atoms. The first-order valence-electron chi connectivity index (χ1n) is 5.35. The normalized spacial score (nSPS) is 10.2. The van der Waals surface area contributed by atoms with Crippen molar-refractivity contribution in [3.63, 3.8) is 0 Å². The molecule has 1 rings (SSSR count). The number of hydrogen-bond donors (Lipinski definition) is 3. The van der Waals surface area contributed by atoms with Crippen LogP contribution >= 0.6 is 11.8 Å². The van der Waals surface area contributed by atoms with Gasteiger partial charge < -0.3 is 15.5 Å². The number of aliphatic hydroxyl groups is 1. The van der Waals surface area contributed by atoms with Crippen molar-refractivity contribution >= 4 is 23.4 Å². The molecule has 1 aromatic heterocycles. The van der Waals surface area contributed by atoms with E-state index in [9.17, 15) is 4.79 Å². The monoisotopic (exact) mass is 256 g/mol. The number of hydrogen-bond acceptors (Lipinski definition) is 5. The fourth-order valence-corrected chi connectivity index (χ4v) is 2.03. The molecule has 1 aromatic rings. The van der Waals surface area contributed by atoms with Gasteiger partial charge in [0.2, 0.25) is 0 Å². The van der Waals surface area contributed by atoms with Gasteiger partial charge in [0.15, 0.2) is 0 Å².